The Morgan fingerprint density at radius 1 is 1.43 bits per heavy atom. The Hall–Kier alpha value is -2.75. The number of aromatic carboxylic acids is 1. The molecule has 0 saturated carbocycles. The highest BCUT2D eigenvalue weighted by atomic mass is 16.4. The summed E-state index contributed by atoms with van der Waals surface area (Å²) in [5.74, 6) is -1.61. The predicted molar refractivity (Wildman–Crippen MR) is 71.6 cm³/mol. The molecule has 0 aliphatic heterocycles. The van der Waals surface area contributed by atoms with Gasteiger partial charge in [-0.3, -0.25) is 9.89 Å². The molecule has 0 aliphatic rings. The first-order valence-electron chi connectivity index (χ1n) is 6.11. The molecule has 1 amide bonds. The summed E-state index contributed by atoms with van der Waals surface area (Å²) in [6.45, 7) is 3.27. The predicted octanol–water partition coefficient (Wildman–Crippen LogP) is -0.586. The third-order valence-corrected chi connectivity index (χ3v) is 2.92. The Balaban J connectivity index is 2.15. The van der Waals surface area contributed by atoms with E-state index in [2.05, 4.69) is 25.8 Å². The van der Waals surface area contributed by atoms with Crippen LogP contribution in [0.4, 0.5) is 5.69 Å². The molecule has 2 heterocycles. The maximum absolute atomic E-state index is 12.0. The number of amides is 1. The van der Waals surface area contributed by atoms with E-state index >= 15 is 0 Å². The van der Waals surface area contributed by atoms with Crippen LogP contribution in [0, 0.1) is 13.8 Å². The quantitative estimate of drug-likeness (QED) is 0.575. The van der Waals surface area contributed by atoms with Gasteiger partial charge in [0.05, 0.1) is 22.8 Å². The van der Waals surface area contributed by atoms with Crippen LogP contribution in [-0.2, 0) is 17.9 Å². The van der Waals surface area contributed by atoms with Gasteiger partial charge in [0.25, 0.3) is 0 Å². The van der Waals surface area contributed by atoms with E-state index in [4.69, 9.17) is 10.8 Å². The number of carboxylic acids is 1. The number of rotatable bonds is 5. The molecule has 10 nitrogen and oxygen atoms in total. The molecule has 2 aromatic rings. The first-order valence-corrected chi connectivity index (χ1v) is 6.11. The molecule has 0 radical (unpaired) electrons. The van der Waals surface area contributed by atoms with Gasteiger partial charge >= 0.3 is 5.97 Å². The van der Waals surface area contributed by atoms with Crippen LogP contribution >= 0.6 is 0 Å². The largest absolute Gasteiger partial charge is 0.476 e. The van der Waals surface area contributed by atoms with Crippen molar-refractivity contribution in [2.24, 2.45) is 5.73 Å². The van der Waals surface area contributed by atoms with Crippen molar-refractivity contribution < 1.29 is 14.7 Å². The number of H-pyrrole nitrogens is 1. The van der Waals surface area contributed by atoms with Crippen molar-refractivity contribution in [3.8, 4) is 0 Å². The zero-order valence-electron chi connectivity index (χ0n) is 11.5. The summed E-state index contributed by atoms with van der Waals surface area (Å²) in [5.41, 5.74) is 7.40. The molecule has 0 unspecified atom stereocenters. The number of nitrogens with zero attached hydrogens (tertiary/aromatic N) is 4. The third kappa shape index (κ3) is 2.89. The van der Waals surface area contributed by atoms with E-state index in [-0.39, 0.29) is 30.4 Å². The minimum atomic E-state index is -1.23. The van der Waals surface area contributed by atoms with Gasteiger partial charge in [0.2, 0.25) is 5.91 Å². The van der Waals surface area contributed by atoms with Gasteiger partial charge in [0.15, 0.2) is 5.69 Å². The van der Waals surface area contributed by atoms with Crippen LogP contribution in [0.5, 0.6) is 0 Å². The zero-order chi connectivity index (χ0) is 15.6. The molecule has 2 rings (SSSR count). The van der Waals surface area contributed by atoms with Crippen LogP contribution in [0.15, 0.2) is 0 Å². The topological polar surface area (TPSA) is 152 Å². The first-order chi connectivity index (χ1) is 9.93. The monoisotopic (exact) mass is 293 g/mol. The Morgan fingerprint density at radius 3 is 2.67 bits per heavy atom. The summed E-state index contributed by atoms with van der Waals surface area (Å²) in [4.78, 5) is 22.9. The third-order valence-electron chi connectivity index (χ3n) is 2.92. The summed E-state index contributed by atoms with van der Waals surface area (Å²) in [7, 11) is 0. The molecular formula is C11H15N7O3. The highest BCUT2D eigenvalue weighted by Gasteiger charge is 2.19. The molecule has 21 heavy (non-hydrogen) atoms. The number of hydrogen-bond donors (Lipinski definition) is 4. The van der Waals surface area contributed by atoms with Crippen LogP contribution in [0.25, 0.3) is 0 Å². The Bertz CT molecular complexity index is 669. The number of carbonyl (C=O) groups is 2. The second kappa shape index (κ2) is 5.71. The summed E-state index contributed by atoms with van der Waals surface area (Å²) in [5, 5.41) is 25.5. The van der Waals surface area contributed by atoms with Crippen molar-refractivity contribution in [2.75, 3.05) is 5.32 Å². The van der Waals surface area contributed by atoms with E-state index in [1.165, 1.54) is 4.68 Å². The Labute approximate surface area is 119 Å². The average Bonchev–Trinajstić information content (AvgIpc) is 2.96. The lowest BCUT2D eigenvalue weighted by Gasteiger charge is -2.07. The summed E-state index contributed by atoms with van der Waals surface area (Å²) in [6, 6.07) is 0. The van der Waals surface area contributed by atoms with E-state index in [0.717, 1.165) is 5.69 Å². The minimum absolute atomic E-state index is 0.0777. The lowest BCUT2D eigenvalue weighted by molar-refractivity contribution is -0.117. The molecule has 10 heteroatoms. The number of nitrogens with one attached hydrogen (secondary N) is 2. The fourth-order valence-corrected chi connectivity index (χ4v) is 1.88. The van der Waals surface area contributed by atoms with Crippen molar-refractivity contribution in [1.29, 1.82) is 0 Å². The van der Waals surface area contributed by atoms with Crippen molar-refractivity contribution in [3.05, 3.63) is 22.8 Å². The van der Waals surface area contributed by atoms with Crippen LogP contribution in [-0.4, -0.2) is 42.2 Å². The number of carboxylic acid groups (broad SMARTS) is 1. The fourth-order valence-electron chi connectivity index (χ4n) is 1.88. The van der Waals surface area contributed by atoms with Gasteiger partial charge in [-0.15, -0.1) is 5.10 Å². The Kier molecular flexibility index (Phi) is 3.98. The molecule has 5 N–H and O–H groups in total. The van der Waals surface area contributed by atoms with Crippen molar-refractivity contribution >= 4 is 17.6 Å². The highest BCUT2D eigenvalue weighted by molar-refractivity contribution is 5.92. The van der Waals surface area contributed by atoms with Crippen molar-refractivity contribution in [1.82, 2.24) is 25.2 Å². The van der Waals surface area contributed by atoms with Crippen LogP contribution in [0.3, 0.4) is 0 Å². The van der Waals surface area contributed by atoms with Crippen LogP contribution in [0.1, 0.15) is 27.6 Å². The SMILES string of the molecule is Cc1n[nH]c(C)c1NC(=O)Cn1nnc(C(=O)O)c1CN. The van der Waals surface area contributed by atoms with E-state index in [1.54, 1.807) is 13.8 Å². The summed E-state index contributed by atoms with van der Waals surface area (Å²) < 4.78 is 1.17. The smallest absolute Gasteiger partial charge is 0.358 e. The number of carbonyl (C=O) groups excluding carboxylic acids is 1. The lowest BCUT2D eigenvalue weighted by atomic mass is 10.3. The molecule has 2 aromatic heterocycles. The number of nitrogens with two attached hydrogens (primary N) is 1. The number of aromatic nitrogens is 5. The molecular weight excluding hydrogens is 278 g/mol. The van der Waals surface area contributed by atoms with E-state index < -0.39 is 5.97 Å². The number of anilines is 1. The maximum atomic E-state index is 12.0. The van der Waals surface area contributed by atoms with E-state index in [9.17, 15) is 9.59 Å². The summed E-state index contributed by atoms with van der Waals surface area (Å²) >= 11 is 0. The van der Waals surface area contributed by atoms with Gasteiger partial charge in [-0.25, -0.2) is 9.48 Å². The van der Waals surface area contributed by atoms with E-state index in [0.29, 0.717) is 11.4 Å². The molecule has 0 fully saturated rings. The normalized spacial score (nSPS) is 10.6. The van der Waals surface area contributed by atoms with Crippen molar-refractivity contribution in [2.45, 2.75) is 26.9 Å². The second-order valence-corrected chi connectivity index (χ2v) is 4.41. The zero-order valence-corrected chi connectivity index (χ0v) is 11.5. The van der Waals surface area contributed by atoms with E-state index in [1.807, 2.05) is 0 Å². The molecule has 0 atom stereocenters. The van der Waals surface area contributed by atoms with Crippen LogP contribution in [0.2, 0.25) is 0 Å². The Morgan fingerprint density at radius 2 is 2.14 bits per heavy atom. The summed E-state index contributed by atoms with van der Waals surface area (Å²) in [6.07, 6.45) is 0. The fraction of sp³-hybridized carbons (Fsp3) is 0.364. The molecule has 0 spiro atoms. The van der Waals surface area contributed by atoms with Gasteiger partial charge < -0.3 is 16.2 Å². The first kappa shape index (κ1) is 14.7. The van der Waals surface area contributed by atoms with Crippen molar-refractivity contribution in [3.63, 3.8) is 0 Å². The number of hydrogen-bond acceptors (Lipinski definition) is 6. The molecule has 0 aliphatic carbocycles. The molecule has 112 valence electrons. The van der Waals surface area contributed by atoms with Gasteiger partial charge in [-0.2, -0.15) is 5.10 Å². The number of aromatic amines is 1. The maximum Gasteiger partial charge on any atom is 0.358 e. The second-order valence-electron chi connectivity index (χ2n) is 4.41. The minimum Gasteiger partial charge on any atom is -0.476 e. The molecule has 0 bridgehead atoms. The van der Waals surface area contributed by atoms with Gasteiger partial charge in [-0.05, 0) is 13.8 Å². The standard InChI is InChI=1S/C11H15N7O3/c1-5-9(6(2)15-14-5)13-8(19)4-18-7(3-12)10(11(20)21)16-17-18/h3-4,12H2,1-2H3,(H,13,19)(H,14,15)(H,20,21). The average molecular weight is 293 g/mol. The van der Waals surface area contributed by atoms with Gasteiger partial charge in [0.1, 0.15) is 6.54 Å². The molecule has 0 aromatic carbocycles. The number of aryl methyl sites for hydroxylation is 2. The molecule has 0 saturated heterocycles. The highest BCUT2D eigenvalue weighted by Crippen LogP contribution is 2.16. The van der Waals surface area contributed by atoms with Crippen LogP contribution < -0.4 is 11.1 Å². The van der Waals surface area contributed by atoms with Gasteiger partial charge in [-0.1, -0.05) is 5.21 Å². The van der Waals surface area contributed by atoms with Gasteiger partial charge in [0, 0.05) is 6.54 Å². The lowest BCUT2D eigenvalue weighted by Crippen LogP contribution is -2.23.